The van der Waals surface area contributed by atoms with Gasteiger partial charge in [-0.05, 0) is 84.8 Å². The minimum atomic E-state index is -0.187. The second kappa shape index (κ2) is 11.9. The van der Waals surface area contributed by atoms with Crippen LogP contribution >= 0.6 is 11.3 Å². The minimum absolute atomic E-state index is 0.0112. The zero-order valence-corrected chi connectivity index (χ0v) is 24.9. The van der Waals surface area contributed by atoms with Gasteiger partial charge in [0.05, 0.1) is 10.6 Å². The highest BCUT2D eigenvalue weighted by Gasteiger charge is 2.29. The number of rotatable bonds is 7. The van der Waals surface area contributed by atoms with E-state index >= 15 is 0 Å². The summed E-state index contributed by atoms with van der Waals surface area (Å²) >= 11 is 1.50. The third-order valence-corrected chi connectivity index (χ3v) is 9.33. The maximum absolute atomic E-state index is 13.8. The molecule has 0 bridgehead atoms. The van der Waals surface area contributed by atoms with Gasteiger partial charge in [0.1, 0.15) is 0 Å². The molecule has 2 N–H and O–H groups in total. The van der Waals surface area contributed by atoms with Gasteiger partial charge in [-0.15, -0.1) is 11.3 Å². The zero-order valence-electron chi connectivity index (χ0n) is 24.1. The van der Waals surface area contributed by atoms with E-state index in [0.717, 1.165) is 50.5 Å². The molecule has 7 heteroatoms. The van der Waals surface area contributed by atoms with Crippen LogP contribution in [-0.4, -0.2) is 30.3 Å². The lowest BCUT2D eigenvalue weighted by molar-refractivity contribution is 0.0952. The molecule has 44 heavy (non-hydrogen) atoms. The molecule has 2 heterocycles. The van der Waals surface area contributed by atoms with E-state index in [-0.39, 0.29) is 17.7 Å². The van der Waals surface area contributed by atoms with E-state index in [2.05, 4.69) is 22.8 Å². The Balaban J connectivity index is 1.08. The quantitative estimate of drug-likeness (QED) is 0.206. The van der Waals surface area contributed by atoms with Crippen LogP contribution in [0, 0.1) is 0 Å². The first kappa shape index (κ1) is 27.8. The lowest BCUT2D eigenvalue weighted by Gasteiger charge is -2.23. The maximum atomic E-state index is 13.8. The van der Waals surface area contributed by atoms with Crippen molar-refractivity contribution in [2.24, 2.45) is 0 Å². The van der Waals surface area contributed by atoms with E-state index in [9.17, 15) is 14.4 Å². The van der Waals surface area contributed by atoms with Crippen LogP contribution in [0.1, 0.15) is 59.9 Å². The third kappa shape index (κ3) is 5.79. The van der Waals surface area contributed by atoms with Gasteiger partial charge >= 0.3 is 0 Å². The Bertz CT molecular complexity index is 1860. The molecule has 1 saturated carbocycles. The second-order valence-electron chi connectivity index (χ2n) is 11.3. The van der Waals surface area contributed by atoms with Crippen LogP contribution in [0.3, 0.4) is 0 Å². The molecule has 0 radical (unpaired) electrons. The SMILES string of the molecule is O=C(NC1CC1)c1cc2c(s1)-c1ccccc1N(C(=O)c1ccc(NC(=O)c3ccccc3Cc3ccccc3)cc1)CC2. The third-order valence-electron chi connectivity index (χ3n) is 8.12. The molecule has 1 aromatic heterocycles. The lowest BCUT2D eigenvalue weighted by atomic mass is 9.99. The molecule has 1 fully saturated rings. The number of hydrogen-bond donors (Lipinski definition) is 2. The molecule has 0 saturated heterocycles. The van der Waals surface area contributed by atoms with Crippen LogP contribution in [0.5, 0.6) is 0 Å². The summed E-state index contributed by atoms with van der Waals surface area (Å²) in [5.41, 5.74) is 6.75. The van der Waals surface area contributed by atoms with E-state index in [1.54, 1.807) is 24.3 Å². The fourth-order valence-corrected chi connectivity index (χ4v) is 6.81. The van der Waals surface area contributed by atoms with Crippen molar-refractivity contribution in [1.29, 1.82) is 0 Å². The normalized spacial score (nSPS) is 13.8. The molecule has 7 rings (SSSR count). The largest absolute Gasteiger partial charge is 0.349 e. The highest BCUT2D eigenvalue weighted by atomic mass is 32.1. The van der Waals surface area contributed by atoms with Gasteiger partial charge in [-0.1, -0.05) is 66.7 Å². The van der Waals surface area contributed by atoms with Gasteiger partial charge in [-0.25, -0.2) is 0 Å². The van der Waals surface area contributed by atoms with Gasteiger partial charge in [0.2, 0.25) is 0 Å². The number of hydrogen-bond acceptors (Lipinski definition) is 4. The summed E-state index contributed by atoms with van der Waals surface area (Å²) in [4.78, 5) is 43.4. The van der Waals surface area contributed by atoms with E-state index < -0.39 is 0 Å². The summed E-state index contributed by atoms with van der Waals surface area (Å²) in [5.74, 6) is -0.304. The van der Waals surface area contributed by atoms with Gasteiger partial charge in [0, 0.05) is 39.8 Å². The van der Waals surface area contributed by atoms with Gasteiger partial charge in [0.15, 0.2) is 0 Å². The van der Waals surface area contributed by atoms with Gasteiger partial charge in [0.25, 0.3) is 17.7 Å². The first-order valence-electron chi connectivity index (χ1n) is 14.9. The number of fused-ring (bicyclic) bond motifs is 3. The van der Waals surface area contributed by atoms with Crippen molar-refractivity contribution in [1.82, 2.24) is 5.32 Å². The maximum Gasteiger partial charge on any atom is 0.261 e. The molecule has 5 aromatic rings. The fourth-order valence-electron chi connectivity index (χ4n) is 5.67. The monoisotopic (exact) mass is 597 g/mol. The number of nitrogens with zero attached hydrogens (tertiary/aromatic N) is 1. The predicted octanol–water partition coefficient (Wildman–Crippen LogP) is 7.35. The molecule has 4 aromatic carbocycles. The van der Waals surface area contributed by atoms with Crippen molar-refractivity contribution >= 4 is 40.4 Å². The Kier molecular flexibility index (Phi) is 7.54. The Labute approximate surface area is 260 Å². The molecule has 0 spiro atoms. The number of carbonyl (C=O) groups is 3. The van der Waals surface area contributed by atoms with Crippen LogP contribution in [0.2, 0.25) is 0 Å². The lowest BCUT2D eigenvalue weighted by Crippen LogP contribution is -2.32. The number of anilines is 2. The summed E-state index contributed by atoms with van der Waals surface area (Å²) in [7, 11) is 0. The summed E-state index contributed by atoms with van der Waals surface area (Å²) < 4.78 is 0. The summed E-state index contributed by atoms with van der Waals surface area (Å²) in [6.07, 6.45) is 3.41. The standard InChI is InChI=1S/C37H31N3O3S/c41-35(30-11-5-4-10-26(30)22-24-8-2-1-3-9-24)38-28-16-14-25(15-17-28)37(43)40-21-20-27-23-33(36(42)39-29-18-19-29)44-34(27)31-12-6-7-13-32(31)40/h1-17,23,29H,18-22H2,(H,38,41)(H,39,42). The molecule has 6 nitrogen and oxygen atoms in total. The Morgan fingerprint density at radius 2 is 1.52 bits per heavy atom. The van der Waals surface area contributed by atoms with Crippen molar-refractivity contribution < 1.29 is 14.4 Å². The molecule has 0 unspecified atom stereocenters. The highest BCUT2D eigenvalue weighted by Crippen LogP contribution is 2.42. The van der Waals surface area contributed by atoms with E-state index in [4.69, 9.17) is 0 Å². The number of nitrogens with one attached hydrogen (secondary N) is 2. The topological polar surface area (TPSA) is 78.5 Å². The van der Waals surface area contributed by atoms with Gasteiger partial charge in [-0.3, -0.25) is 14.4 Å². The summed E-state index contributed by atoms with van der Waals surface area (Å²) in [6, 6.07) is 35.0. The van der Waals surface area contributed by atoms with Crippen LogP contribution in [0.4, 0.5) is 11.4 Å². The number of carbonyl (C=O) groups excluding carboxylic acids is 3. The van der Waals surface area contributed by atoms with Crippen LogP contribution in [0.15, 0.2) is 109 Å². The van der Waals surface area contributed by atoms with Gasteiger partial charge < -0.3 is 15.5 Å². The zero-order chi connectivity index (χ0) is 30.0. The van der Waals surface area contributed by atoms with Crippen LogP contribution < -0.4 is 15.5 Å². The first-order valence-corrected chi connectivity index (χ1v) is 15.7. The second-order valence-corrected chi connectivity index (χ2v) is 12.3. The van der Waals surface area contributed by atoms with Crippen molar-refractivity contribution in [3.8, 4) is 10.4 Å². The molecule has 218 valence electrons. The highest BCUT2D eigenvalue weighted by molar-refractivity contribution is 7.17. The average Bonchev–Trinajstić information content (AvgIpc) is 3.80. The Morgan fingerprint density at radius 3 is 2.32 bits per heavy atom. The van der Waals surface area contributed by atoms with Crippen molar-refractivity contribution in [3.63, 3.8) is 0 Å². The Morgan fingerprint density at radius 1 is 0.795 bits per heavy atom. The van der Waals surface area contributed by atoms with Crippen LogP contribution in [0.25, 0.3) is 10.4 Å². The summed E-state index contributed by atoms with van der Waals surface area (Å²) in [6.45, 7) is 0.500. The average molecular weight is 598 g/mol. The van der Waals surface area contributed by atoms with Crippen LogP contribution in [-0.2, 0) is 12.8 Å². The fraction of sp³-hybridized carbons (Fsp3) is 0.162. The van der Waals surface area contributed by atoms with E-state index in [1.165, 1.54) is 11.3 Å². The molecule has 2 aliphatic rings. The molecule has 0 atom stereocenters. The minimum Gasteiger partial charge on any atom is -0.349 e. The van der Waals surface area contributed by atoms with E-state index in [0.29, 0.717) is 42.2 Å². The van der Waals surface area contributed by atoms with Crippen molar-refractivity contribution in [3.05, 3.63) is 142 Å². The molecule has 1 aliphatic heterocycles. The number of thiophene rings is 1. The smallest absolute Gasteiger partial charge is 0.261 e. The summed E-state index contributed by atoms with van der Waals surface area (Å²) in [5, 5.41) is 6.08. The number of amides is 3. The molecular weight excluding hydrogens is 566 g/mol. The molecular formula is C37H31N3O3S. The van der Waals surface area contributed by atoms with Crippen molar-refractivity contribution in [2.45, 2.75) is 31.7 Å². The molecule has 1 aliphatic carbocycles. The van der Waals surface area contributed by atoms with Gasteiger partial charge in [-0.2, -0.15) is 0 Å². The first-order chi connectivity index (χ1) is 21.5. The number of para-hydroxylation sites is 1. The van der Waals surface area contributed by atoms with Crippen molar-refractivity contribution in [2.75, 3.05) is 16.8 Å². The number of benzene rings is 4. The molecule has 3 amide bonds. The Hall–Kier alpha value is -5.01. The predicted molar refractivity (Wildman–Crippen MR) is 176 cm³/mol. The van der Waals surface area contributed by atoms with E-state index in [1.807, 2.05) is 77.7 Å².